The summed E-state index contributed by atoms with van der Waals surface area (Å²) in [6.07, 6.45) is 0. The van der Waals surface area contributed by atoms with Gasteiger partial charge in [0.15, 0.2) is 11.4 Å². The summed E-state index contributed by atoms with van der Waals surface area (Å²) in [4.78, 5) is 25.8. The second kappa shape index (κ2) is 16.0. The molecule has 0 atom stereocenters. The van der Waals surface area contributed by atoms with Crippen LogP contribution in [0.4, 0.5) is 22.7 Å². The van der Waals surface area contributed by atoms with Crippen molar-refractivity contribution >= 4 is 88.2 Å². The van der Waals surface area contributed by atoms with Gasteiger partial charge in [-0.15, -0.1) is 0 Å². The SMILES string of the molecule is [C-]#[N+]c1ccccc1-c1cc(-c2cc([N+]#[C-])c(-n3c4ccc(-n5c6ccccc6c6ccccc65)cc4c4cc(-n5c6ccccc6c6ccccc65)ccc43)c([N+]#[C-])c2)nc(-c2ccccc2[N+]#[C-])n1. The Labute approximate surface area is 406 Å². The van der Waals surface area contributed by atoms with E-state index >= 15 is 0 Å². The first-order valence-electron chi connectivity index (χ1n) is 22.9. The summed E-state index contributed by atoms with van der Waals surface area (Å²) in [5, 5.41) is 6.57. The van der Waals surface area contributed by atoms with Gasteiger partial charge >= 0.3 is 0 Å². The maximum Gasteiger partial charge on any atom is 0.200 e. The number of para-hydroxylation sites is 6. The van der Waals surface area contributed by atoms with E-state index in [-0.39, 0.29) is 11.4 Å². The van der Waals surface area contributed by atoms with E-state index in [1.165, 1.54) is 0 Å². The van der Waals surface area contributed by atoms with Gasteiger partial charge in [0.2, 0.25) is 11.4 Å². The Morgan fingerprint density at radius 3 is 1.15 bits per heavy atom. The van der Waals surface area contributed by atoms with Gasteiger partial charge in [0, 0.05) is 54.8 Å². The van der Waals surface area contributed by atoms with Crippen molar-refractivity contribution in [2.24, 2.45) is 0 Å². The number of aromatic nitrogens is 5. The fourth-order valence-electron chi connectivity index (χ4n) is 10.5. The van der Waals surface area contributed by atoms with E-state index in [0.29, 0.717) is 51.0 Å². The van der Waals surface area contributed by atoms with E-state index in [4.69, 9.17) is 36.3 Å². The molecule has 4 heterocycles. The first kappa shape index (κ1) is 40.7. The van der Waals surface area contributed by atoms with E-state index < -0.39 is 0 Å². The van der Waals surface area contributed by atoms with Crippen molar-refractivity contribution in [2.45, 2.75) is 0 Å². The number of hydrogen-bond donors (Lipinski definition) is 0. The van der Waals surface area contributed by atoms with Crippen LogP contribution in [0, 0.1) is 26.3 Å². The molecule has 0 N–H and O–H groups in total. The number of fused-ring (bicyclic) bond motifs is 9. The summed E-state index contributed by atoms with van der Waals surface area (Å²) < 4.78 is 6.69. The highest BCUT2D eigenvalue weighted by Gasteiger charge is 2.24. The van der Waals surface area contributed by atoms with Crippen LogP contribution in [0.2, 0.25) is 0 Å². The van der Waals surface area contributed by atoms with E-state index in [9.17, 15) is 0 Å². The lowest BCUT2D eigenvalue weighted by Crippen LogP contribution is -1.99. The third-order valence-corrected chi connectivity index (χ3v) is 13.5. The molecule has 0 radical (unpaired) electrons. The Hall–Kier alpha value is -10.6. The molecule has 13 rings (SSSR count). The van der Waals surface area contributed by atoms with Gasteiger partial charge in [-0.25, -0.2) is 29.3 Å². The molecule has 0 spiro atoms. The first-order valence-corrected chi connectivity index (χ1v) is 22.9. The lowest BCUT2D eigenvalue weighted by Gasteiger charge is -2.16. The number of hydrogen-bond acceptors (Lipinski definition) is 2. The molecular formula is C62H33N9. The van der Waals surface area contributed by atoms with E-state index in [0.717, 1.165) is 76.8 Å². The molecule has 0 aliphatic heterocycles. The van der Waals surface area contributed by atoms with E-state index in [1.54, 1.807) is 42.5 Å². The molecule has 0 amide bonds. The number of nitrogens with zero attached hydrogens (tertiary/aromatic N) is 9. The predicted octanol–water partition coefficient (Wildman–Crippen LogP) is 17.0. The average molecular weight is 904 g/mol. The second-order valence-corrected chi connectivity index (χ2v) is 17.3. The van der Waals surface area contributed by atoms with Gasteiger partial charge in [0.05, 0.1) is 76.5 Å². The molecule has 4 aromatic heterocycles. The minimum atomic E-state index is 0.259. The van der Waals surface area contributed by atoms with Crippen LogP contribution >= 0.6 is 0 Å². The lowest BCUT2D eigenvalue weighted by molar-refractivity contribution is 1.16. The van der Waals surface area contributed by atoms with Gasteiger partial charge in [0.25, 0.3) is 0 Å². The van der Waals surface area contributed by atoms with Gasteiger partial charge < -0.3 is 13.7 Å². The molecule has 0 saturated carbocycles. The molecule has 0 aliphatic carbocycles. The van der Waals surface area contributed by atoms with Crippen LogP contribution in [0.1, 0.15) is 0 Å². The van der Waals surface area contributed by atoms with E-state index in [2.05, 4.69) is 167 Å². The molecule has 13 aromatic rings. The maximum atomic E-state index is 8.76. The predicted molar refractivity (Wildman–Crippen MR) is 286 cm³/mol. The highest BCUT2D eigenvalue weighted by molar-refractivity contribution is 6.15. The van der Waals surface area contributed by atoms with Crippen molar-refractivity contribution in [3.05, 3.63) is 246 Å². The molecule has 71 heavy (non-hydrogen) atoms. The molecule has 9 aromatic carbocycles. The van der Waals surface area contributed by atoms with Crippen LogP contribution in [0.5, 0.6) is 0 Å². The van der Waals surface area contributed by atoms with Crippen molar-refractivity contribution < 1.29 is 0 Å². The van der Waals surface area contributed by atoms with Crippen molar-refractivity contribution in [3.63, 3.8) is 0 Å². The molecule has 9 nitrogen and oxygen atoms in total. The van der Waals surface area contributed by atoms with Crippen LogP contribution in [-0.4, -0.2) is 23.7 Å². The van der Waals surface area contributed by atoms with Crippen LogP contribution in [-0.2, 0) is 0 Å². The molecule has 326 valence electrons. The minimum Gasteiger partial charge on any atom is -0.329 e. The Bertz CT molecular complexity index is 4210. The zero-order chi connectivity index (χ0) is 47.7. The first-order chi connectivity index (χ1) is 35.0. The van der Waals surface area contributed by atoms with Gasteiger partial charge in [-0.05, 0) is 84.4 Å². The highest BCUT2D eigenvalue weighted by Crippen LogP contribution is 2.46. The van der Waals surface area contributed by atoms with Gasteiger partial charge in [0.1, 0.15) is 5.82 Å². The van der Waals surface area contributed by atoms with Crippen molar-refractivity contribution in [1.29, 1.82) is 0 Å². The van der Waals surface area contributed by atoms with Crippen LogP contribution in [0.15, 0.2) is 200 Å². The Kier molecular flexibility index (Phi) is 9.19. The summed E-state index contributed by atoms with van der Waals surface area (Å²) in [6.45, 7) is 33.4. The Balaban J connectivity index is 1.08. The third-order valence-electron chi connectivity index (χ3n) is 13.5. The molecule has 0 saturated heterocycles. The summed E-state index contributed by atoms with van der Waals surface area (Å²) in [5.41, 5.74) is 12.4. The van der Waals surface area contributed by atoms with Crippen molar-refractivity contribution in [1.82, 2.24) is 23.7 Å². The smallest absolute Gasteiger partial charge is 0.200 e. The molecule has 0 aliphatic rings. The summed E-state index contributed by atoms with van der Waals surface area (Å²) in [6, 6.07) is 66.6. The maximum absolute atomic E-state index is 8.76. The highest BCUT2D eigenvalue weighted by atomic mass is 15.0. The summed E-state index contributed by atoms with van der Waals surface area (Å²) in [5.74, 6) is 0.294. The quantitative estimate of drug-likeness (QED) is 0.156. The largest absolute Gasteiger partial charge is 0.329 e. The lowest BCUT2D eigenvalue weighted by atomic mass is 10.0. The fraction of sp³-hybridized carbons (Fsp3) is 0. The Morgan fingerprint density at radius 2 is 0.690 bits per heavy atom. The monoisotopic (exact) mass is 903 g/mol. The fourth-order valence-corrected chi connectivity index (χ4v) is 10.5. The number of rotatable bonds is 6. The van der Waals surface area contributed by atoms with Crippen LogP contribution < -0.4 is 0 Å². The average Bonchev–Trinajstić information content (AvgIpc) is 4.07. The van der Waals surface area contributed by atoms with Gasteiger partial charge in [-0.3, -0.25) is 0 Å². The second-order valence-electron chi connectivity index (χ2n) is 17.3. The van der Waals surface area contributed by atoms with Crippen LogP contribution in [0.25, 0.3) is 136 Å². The number of benzene rings is 9. The standard InChI is InChI=1S/C62H33N9/c1-63-49-23-11-5-21-45(49)52-37-51(67-62(68-52)46-22-6-12-24-50(46)64-2)38-33-53(65-3)61(54(34-38)66-4)71-59-31-29-39(69-55-25-13-7-17-41(55)42-18-8-14-26-56(42)69)35-47(59)48-36-40(30-32-60(48)71)70-57-27-15-9-19-43(57)44-20-10-16-28-58(44)70/h5-37H. The van der Waals surface area contributed by atoms with Gasteiger partial charge in [-0.1, -0.05) is 121 Å². The van der Waals surface area contributed by atoms with Crippen LogP contribution in [0.3, 0.4) is 0 Å². The normalized spacial score (nSPS) is 11.3. The van der Waals surface area contributed by atoms with Crippen molar-refractivity contribution in [3.8, 4) is 51.0 Å². The molecule has 0 fully saturated rings. The zero-order valence-electron chi connectivity index (χ0n) is 37.6. The third kappa shape index (κ3) is 6.22. The topological polar surface area (TPSA) is 58.0 Å². The zero-order valence-corrected chi connectivity index (χ0v) is 37.6. The van der Waals surface area contributed by atoms with E-state index in [1.807, 2.05) is 24.3 Å². The Morgan fingerprint density at radius 1 is 0.310 bits per heavy atom. The van der Waals surface area contributed by atoms with Gasteiger partial charge in [-0.2, -0.15) is 0 Å². The van der Waals surface area contributed by atoms with Crippen molar-refractivity contribution in [2.75, 3.05) is 0 Å². The molecule has 0 unspecified atom stereocenters. The molecule has 0 bridgehead atoms. The minimum absolute atomic E-state index is 0.259. The molecule has 9 heteroatoms. The summed E-state index contributed by atoms with van der Waals surface area (Å²) >= 11 is 0. The summed E-state index contributed by atoms with van der Waals surface area (Å²) in [7, 11) is 0. The molecular weight excluding hydrogens is 871 g/mol.